The zero-order valence-corrected chi connectivity index (χ0v) is 13.9. The lowest BCUT2D eigenvalue weighted by atomic mass is 9.96. The number of rotatable bonds is 3. The largest absolute Gasteiger partial charge is 0.481 e. The molecule has 2 aromatic rings. The number of piperazine rings is 1. The lowest BCUT2D eigenvalue weighted by molar-refractivity contribution is -0.139. The summed E-state index contributed by atoms with van der Waals surface area (Å²) < 4.78 is 0. The van der Waals surface area contributed by atoms with Crippen LogP contribution in [0.25, 0.3) is 0 Å². The molecule has 1 fully saturated rings. The van der Waals surface area contributed by atoms with Crippen LogP contribution in [0, 0.1) is 5.92 Å². The first-order valence-corrected chi connectivity index (χ1v) is 8.51. The highest BCUT2D eigenvalue weighted by Gasteiger charge is 2.23. The molecular weight excluding hydrogens is 316 g/mol. The molecule has 1 N–H and O–H groups in total. The van der Waals surface area contributed by atoms with E-state index in [1.165, 1.54) is 0 Å². The SMILES string of the molecule is O=C(O)C1C=Nc2cc(N3CCN(c4ccccn4)CC3)ccc2C1. The standard InChI is InChI=1S/C19H20N4O2/c24-19(25)15-11-14-4-5-16(12-17(14)21-13-15)22-7-9-23(10-8-22)18-3-1-2-6-20-18/h1-6,12-13,15H,7-11H2,(H,24,25). The Kier molecular flexibility index (Phi) is 4.09. The quantitative estimate of drug-likeness (QED) is 0.932. The average Bonchev–Trinajstić information content (AvgIpc) is 2.68. The second-order valence-electron chi connectivity index (χ2n) is 6.40. The normalized spacial score (nSPS) is 19.6. The molecule has 1 aromatic carbocycles. The maximum Gasteiger partial charge on any atom is 0.312 e. The van der Waals surface area contributed by atoms with Crippen molar-refractivity contribution < 1.29 is 9.90 Å². The topological polar surface area (TPSA) is 69.0 Å². The number of fused-ring (bicyclic) bond motifs is 1. The first-order chi connectivity index (χ1) is 12.2. The molecule has 25 heavy (non-hydrogen) atoms. The van der Waals surface area contributed by atoms with E-state index in [4.69, 9.17) is 5.11 Å². The van der Waals surface area contributed by atoms with Crippen LogP contribution in [0.4, 0.5) is 17.2 Å². The molecule has 0 saturated carbocycles. The molecule has 0 amide bonds. The minimum atomic E-state index is -0.816. The van der Waals surface area contributed by atoms with Gasteiger partial charge in [0.15, 0.2) is 0 Å². The fourth-order valence-electron chi connectivity index (χ4n) is 3.39. The van der Waals surface area contributed by atoms with Gasteiger partial charge in [0.2, 0.25) is 0 Å². The lowest BCUT2D eigenvalue weighted by Crippen LogP contribution is -2.46. The van der Waals surface area contributed by atoms with Gasteiger partial charge < -0.3 is 14.9 Å². The zero-order chi connectivity index (χ0) is 17.2. The van der Waals surface area contributed by atoms with Gasteiger partial charge in [0.25, 0.3) is 0 Å². The molecule has 3 heterocycles. The van der Waals surface area contributed by atoms with Gasteiger partial charge in [0.1, 0.15) is 5.82 Å². The summed E-state index contributed by atoms with van der Waals surface area (Å²) in [6.07, 6.45) is 3.89. The van der Waals surface area contributed by atoms with Gasteiger partial charge in [-0.3, -0.25) is 9.79 Å². The number of nitrogens with zero attached hydrogens (tertiary/aromatic N) is 4. The van der Waals surface area contributed by atoms with Gasteiger partial charge in [-0.05, 0) is 36.2 Å². The Morgan fingerprint density at radius 1 is 1.08 bits per heavy atom. The number of aliphatic imine (C=N–C) groups is 1. The maximum atomic E-state index is 11.1. The summed E-state index contributed by atoms with van der Waals surface area (Å²) in [5.74, 6) is -0.304. The van der Waals surface area contributed by atoms with Crippen LogP contribution in [-0.4, -0.2) is 48.5 Å². The average molecular weight is 336 g/mol. The van der Waals surface area contributed by atoms with E-state index >= 15 is 0 Å². The summed E-state index contributed by atoms with van der Waals surface area (Å²) in [6.45, 7) is 3.71. The molecule has 1 atom stereocenters. The van der Waals surface area contributed by atoms with Gasteiger partial charge in [0.05, 0.1) is 11.6 Å². The minimum Gasteiger partial charge on any atom is -0.481 e. The third-order valence-corrected chi connectivity index (χ3v) is 4.84. The number of hydrogen-bond donors (Lipinski definition) is 1. The number of aliphatic carboxylic acids is 1. The number of pyridine rings is 1. The summed E-state index contributed by atoms with van der Waals surface area (Å²) >= 11 is 0. The molecule has 0 radical (unpaired) electrons. The highest BCUT2D eigenvalue weighted by atomic mass is 16.4. The van der Waals surface area contributed by atoms with E-state index in [1.54, 1.807) is 6.21 Å². The number of carboxylic acid groups (broad SMARTS) is 1. The Labute approximate surface area is 146 Å². The molecule has 2 aliphatic heterocycles. The van der Waals surface area contributed by atoms with Gasteiger partial charge in [0, 0.05) is 44.3 Å². The Balaban J connectivity index is 1.45. The van der Waals surface area contributed by atoms with E-state index in [9.17, 15) is 4.79 Å². The molecule has 6 nitrogen and oxygen atoms in total. The van der Waals surface area contributed by atoms with Crippen molar-refractivity contribution in [2.45, 2.75) is 6.42 Å². The fraction of sp³-hybridized carbons (Fsp3) is 0.316. The molecule has 6 heteroatoms. The summed E-state index contributed by atoms with van der Waals surface area (Å²) in [7, 11) is 0. The molecule has 0 spiro atoms. The Bertz CT molecular complexity index is 798. The van der Waals surface area contributed by atoms with Gasteiger partial charge >= 0.3 is 5.97 Å². The molecule has 2 aliphatic rings. The van der Waals surface area contributed by atoms with E-state index in [0.717, 1.165) is 48.9 Å². The molecule has 1 aromatic heterocycles. The van der Waals surface area contributed by atoms with Crippen molar-refractivity contribution in [2.24, 2.45) is 10.9 Å². The number of aromatic nitrogens is 1. The van der Waals surface area contributed by atoms with Crippen LogP contribution in [0.1, 0.15) is 5.56 Å². The highest BCUT2D eigenvalue weighted by molar-refractivity contribution is 5.92. The van der Waals surface area contributed by atoms with E-state index in [1.807, 2.05) is 30.5 Å². The molecular formula is C19H20N4O2. The first-order valence-electron chi connectivity index (χ1n) is 8.51. The second kappa shape index (κ2) is 6.55. The predicted octanol–water partition coefficient (Wildman–Crippen LogP) is 2.37. The third kappa shape index (κ3) is 3.20. The van der Waals surface area contributed by atoms with Crippen LogP contribution in [0.2, 0.25) is 0 Å². The minimum absolute atomic E-state index is 0.514. The van der Waals surface area contributed by atoms with Crippen molar-refractivity contribution in [3.63, 3.8) is 0 Å². The van der Waals surface area contributed by atoms with Crippen molar-refractivity contribution in [3.05, 3.63) is 48.2 Å². The monoisotopic (exact) mass is 336 g/mol. The van der Waals surface area contributed by atoms with E-state index in [2.05, 4.69) is 31.9 Å². The third-order valence-electron chi connectivity index (χ3n) is 4.84. The van der Waals surface area contributed by atoms with Gasteiger partial charge in [-0.15, -0.1) is 0 Å². The number of carboxylic acids is 1. The molecule has 1 unspecified atom stereocenters. The number of benzene rings is 1. The maximum absolute atomic E-state index is 11.1. The Morgan fingerprint density at radius 2 is 1.88 bits per heavy atom. The van der Waals surface area contributed by atoms with Gasteiger partial charge in [-0.25, -0.2) is 4.98 Å². The first kappa shape index (κ1) is 15.6. The van der Waals surface area contributed by atoms with Crippen molar-refractivity contribution in [1.82, 2.24) is 4.98 Å². The van der Waals surface area contributed by atoms with Crippen LogP contribution in [-0.2, 0) is 11.2 Å². The van der Waals surface area contributed by atoms with Crippen molar-refractivity contribution in [3.8, 4) is 0 Å². The van der Waals surface area contributed by atoms with Crippen LogP contribution in [0.3, 0.4) is 0 Å². The highest BCUT2D eigenvalue weighted by Crippen LogP contribution is 2.31. The fourth-order valence-corrected chi connectivity index (χ4v) is 3.39. The summed E-state index contributed by atoms with van der Waals surface area (Å²) in [5, 5.41) is 9.13. The number of carbonyl (C=O) groups is 1. The molecule has 0 aliphatic carbocycles. The van der Waals surface area contributed by atoms with E-state index < -0.39 is 11.9 Å². The summed E-state index contributed by atoms with van der Waals surface area (Å²) in [4.78, 5) is 24.5. The van der Waals surface area contributed by atoms with Crippen LogP contribution in [0.5, 0.6) is 0 Å². The van der Waals surface area contributed by atoms with Crippen LogP contribution >= 0.6 is 0 Å². The second-order valence-corrected chi connectivity index (χ2v) is 6.40. The molecule has 0 bridgehead atoms. The predicted molar refractivity (Wildman–Crippen MR) is 98.1 cm³/mol. The van der Waals surface area contributed by atoms with Crippen LogP contribution < -0.4 is 9.80 Å². The number of anilines is 2. The van der Waals surface area contributed by atoms with Crippen molar-refractivity contribution in [2.75, 3.05) is 36.0 Å². The zero-order valence-electron chi connectivity index (χ0n) is 13.9. The smallest absolute Gasteiger partial charge is 0.312 e. The van der Waals surface area contributed by atoms with Gasteiger partial charge in [-0.2, -0.15) is 0 Å². The van der Waals surface area contributed by atoms with Crippen molar-refractivity contribution in [1.29, 1.82) is 0 Å². The molecule has 128 valence electrons. The summed E-state index contributed by atoms with van der Waals surface area (Å²) in [6, 6.07) is 12.2. The molecule has 4 rings (SSSR count). The van der Waals surface area contributed by atoms with Gasteiger partial charge in [-0.1, -0.05) is 12.1 Å². The van der Waals surface area contributed by atoms with Crippen LogP contribution in [0.15, 0.2) is 47.6 Å². The molecule has 1 saturated heterocycles. The van der Waals surface area contributed by atoms with E-state index in [-0.39, 0.29) is 0 Å². The Hall–Kier alpha value is -2.89. The Morgan fingerprint density at radius 3 is 2.60 bits per heavy atom. The van der Waals surface area contributed by atoms with Crippen molar-refractivity contribution >= 4 is 29.4 Å². The number of hydrogen-bond acceptors (Lipinski definition) is 5. The lowest BCUT2D eigenvalue weighted by Gasteiger charge is -2.37. The summed E-state index contributed by atoms with van der Waals surface area (Å²) in [5.41, 5.74) is 3.04. The van der Waals surface area contributed by atoms with E-state index in [0.29, 0.717) is 6.42 Å².